The Morgan fingerprint density at radius 1 is 0.789 bits per heavy atom. The SMILES string of the molecule is CCCCC(CC)CO[Si](CCC)(CCC)CCC. The fourth-order valence-corrected chi connectivity index (χ4v) is 7.66. The van der Waals surface area contributed by atoms with Gasteiger partial charge in [-0.2, -0.15) is 0 Å². The Bertz CT molecular complexity index is 177. The lowest BCUT2D eigenvalue weighted by molar-refractivity contribution is 0.218. The van der Waals surface area contributed by atoms with E-state index in [0.717, 1.165) is 12.5 Å². The summed E-state index contributed by atoms with van der Waals surface area (Å²) in [5, 5.41) is 0. The van der Waals surface area contributed by atoms with Crippen LogP contribution in [0.1, 0.15) is 79.6 Å². The largest absolute Gasteiger partial charge is 0.417 e. The van der Waals surface area contributed by atoms with Crippen LogP contribution >= 0.6 is 0 Å². The first kappa shape index (κ1) is 19.2. The molecule has 19 heavy (non-hydrogen) atoms. The van der Waals surface area contributed by atoms with E-state index in [1.165, 1.54) is 63.1 Å². The summed E-state index contributed by atoms with van der Waals surface area (Å²) in [4.78, 5) is 0. The van der Waals surface area contributed by atoms with E-state index in [1.807, 2.05) is 0 Å². The molecule has 0 bridgehead atoms. The maximum Gasteiger partial charge on any atom is 0.192 e. The topological polar surface area (TPSA) is 9.23 Å². The minimum absolute atomic E-state index is 0.803. The lowest BCUT2D eigenvalue weighted by atomic mass is 10.0. The van der Waals surface area contributed by atoms with Crippen LogP contribution in [-0.4, -0.2) is 14.9 Å². The van der Waals surface area contributed by atoms with Crippen molar-refractivity contribution < 1.29 is 4.43 Å². The van der Waals surface area contributed by atoms with Crippen molar-refractivity contribution in [1.82, 2.24) is 0 Å². The van der Waals surface area contributed by atoms with Crippen LogP contribution in [0.25, 0.3) is 0 Å². The minimum atomic E-state index is -1.41. The number of hydrogen-bond acceptors (Lipinski definition) is 1. The van der Waals surface area contributed by atoms with Crippen molar-refractivity contribution in [1.29, 1.82) is 0 Å². The molecule has 0 aromatic carbocycles. The molecule has 0 aromatic rings. The van der Waals surface area contributed by atoms with Crippen LogP contribution in [0.15, 0.2) is 0 Å². The van der Waals surface area contributed by atoms with Crippen LogP contribution in [0, 0.1) is 5.92 Å². The van der Waals surface area contributed by atoms with Crippen molar-refractivity contribution in [2.45, 2.75) is 97.7 Å². The summed E-state index contributed by atoms with van der Waals surface area (Å²) in [5.41, 5.74) is 0. The van der Waals surface area contributed by atoms with Crippen LogP contribution in [0.4, 0.5) is 0 Å². The minimum Gasteiger partial charge on any atom is -0.417 e. The summed E-state index contributed by atoms with van der Waals surface area (Å²) in [6.07, 6.45) is 9.24. The molecule has 0 spiro atoms. The normalized spacial score (nSPS) is 13.7. The number of hydrogen-bond donors (Lipinski definition) is 0. The highest BCUT2D eigenvalue weighted by atomic mass is 28.4. The van der Waals surface area contributed by atoms with E-state index in [4.69, 9.17) is 4.43 Å². The summed E-state index contributed by atoms with van der Waals surface area (Å²) in [5.74, 6) is 0.803. The Morgan fingerprint density at radius 3 is 1.68 bits per heavy atom. The number of unbranched alkanes of at least 4 members (excludes halogenated alkanes) is 1. The zero-order chi connectivity index (χ0) is 14.6. The van der Waals surface area contributed by atoms with E-state index in [-0.39, 0.29) is 0 Å². The van der Waals surface area contributed by atoms with Crippen molar-refractivity contribution in [3.05, 3.63) is 0 Å². The third kappa shape index (κ3) is 8.14. The van der Waals surface area contributed by atoms with Gasteiger partial charge in [-0.1, -0.05) is 73.1 Å². The molecule has 1 nitrogen and oxygen atoms in total. The van der Waals surface area contributed by atoms with Crippen LogP contribution < -0.4 is 0 Å². The average Bonchev–Trinajstić information content (AvgIpc) is 2.40. The highest BCUT2D eigenvalue weighted by molar-refractivity contribution is 6.73. The molecule has 0 rings (SSSR count). The van der Waals surface area contributed by atoms with E-state index < -0.39 is 8.32 Å². The molecular weight excluding hydrogens is 248 g/mol. The summed E-state index contributed by atoms with van der Waals surface area (Å²) in [6, 6.07) is 4.12. The van der Waals surface area contributed by atoms with Gasteiger partial charge in [-0.3, -0.25) is 0 Å². The van der Waals surface area contributed by atoms with Gasteiger partial charge in [-0.25, -0.2) is 0 Å². The molecule has 1 unspecified atom stereocenters. The average molecular weight is 287 g/mol. The van der Waals surface area contributed by atoms with E-state index in [2.05, 4.69) is 34.6 Å². The molecule has 0 aliphatic rings. The molecule has 0 aliphatic heterocycles. The van der Waals surface area contributed by atoms with Gasteiger partial charge in [0.15, 0.2) is 8.32 Å². The molecule has 0 saturated heterocycles. The predicted molar refractivity (Wildman–Crippen MR) is 90.3 cm³/mol. The van der Waals surface area contributed by atoms with Crippen molar-refractivity contribution in [3.8, 4) is 0 Å². The molecule has 0 aliphatic carbocycles. The van der Waals surface area contributed by atoms with Crippen LogP contribution in [0.3, 0.4) is 0 Å². The quantitative estimate of drug-likeness (QED) is 0.356. The first-order valence-corrected chi connectivity index (χ1v) is 11.3. The summed E-state index contributed by atoms with van der Waals surface area (Å²) >= 11 is 0. The monoisotopic (exact) mass is 286 g/mol. The second-order valence-electron chi connectivity index (χ2n) is 6.16. The van der Waals surface area contributed by atoms with Gasteiger partial charge in [-0.15, -0.1) is 0 Å². The molecule has 0 heterocycles. The fourth-order valence-electron chi connectivity index (χ4n) is 3.15. The molecule has 0 fully saturated rings. The summed E-state index contributed by atoms with van der Waals surface area (Å²) < 4.78 is 6.64. The Morgan fingerprint density at radius 2 is 1.32 bits per heavy atom. The Kier molecular flexibility index (Phi) is 12.1. The Labute approximate surface area is 123 Å². The summed E-state index contributed by atoms with van der Waals surface area (Å²) in [7, 11) is -1.41. The maximum atomic E-state index is 6.64. The zero-order valence-corrected chi connectivity index (χ0v) is 15.3. The second-order valence-corrected chi connectivity index (χ2v) is 10.3. The van der Waals surface area contributed by atoms with Crippen molar-refractivity contribution in [3.63, 3.8) is 0 Å². The van der Waals surface area contributed by atoms with Gasteiger partial charge < -0.3 is 4.43 Å². The molecule has 0 N–H and O–H groups in total. The lowest BCUT2D eigenvalue weighted by Crippen LogP contribution is -2.39. The smallest absolute Gasteiger partial charge is 0.192 e. The van der Waals surface area contributed by atoms with Crippen molar-refractivity contribution in [2.75, 3.05) is 6.61 Å². The molecular formula is C17H38OSi. The van der Waals surface area contributed by atoms with Gasteiger partial charge in [0.25, 0.3) is 0 Å². The zero-order valence-electron chi connectivity index (χ0n) is 14.3. The van der Waals surface area contributed by atoms with Crippen molar-refractivity contribution >= 4 is 8.32 Å². The van der Waals surface area contributed by atoms with Gasteiger partial charge >= 0.3 is 0 Å². The van der Waals surface area contributed by atoms with Gasteiger partial charge in [0.1, 0.15) is 0 Å². The molecule has 2 heteroatoms. The standard InChI is InChI=1S/C17H38OSi/c1-6-11-12-17(10-5)16-18-19(13-7-2,14-8-3)15-9-4/h17H,6-16H2,1-5H3. The van der Waals surface area contributed by atoms with E-state index in [0.29, 0.717) is 0 Å². The van der Waals surface area contributed by atoms with Crippen LogP contribution in [0.5, 0.6) is 0 Å². The third-order valence-corrected chi connectivity index (χ3v) is 9.30. The first-order valence-electron chi connectivity index (χ1n) is 8.81. The van der Waals surface area contributed by atoms with Crippen LogP contribution in [0.2, 0.25) is 18.1 Å². The Hall–Kier alpha value is 0.177. The molecule has 0 aromatic heterocycles. The van der Waals surface area contributed by atoms with E-state index >= 15 is 0 Å². The van der Waals surface area contributed by atoms with Gasteiger partial charge in [0, 0.05) is 6.61 Å². The lowest BCUT2D eigenvalue weighted by Gasteiger charge is -2.33. The maximum absolute atomic E-state index is 6.64. The fraction of sp³-hybridized carbons (Fsp3) is 1.00. The second kappa shape index (κ2) is 12.0. The highest BCUT2D eigenvalue weighted by Crippen LogP contribution is 2.29. The van der Waals surface area contributed by atoms with Gasteiger partial charge in [0.05, 0.1) is 0 Å². The molecule has 0 saturated carbocycles. The molecule has 0 radical (unpaired) electrons. The van der Waals surface area contributed by atoms with Crippen LogP contribution in [-0.2, 0) is 4.43 Å². The van der Waals surface area contributed by atoms with E-state index in [1.54, 1.807) is 0 Å². The molecule has 116 valence electrons. The number of rotatable bonds is 13. The molecule has 1 atom stereocenters. The predicted octanol–water partition coefficient (Wildman–Crippen LogP) is 6.39. The van der Waals surface area contributed by atoms with E-state index in [9.17, 15) is 0 Å². The Balaban J connectivity index is 4.42. The third-order valence-electron chi connectivity index (χ3n) is 4.29. The highest BCUT2D eigenvalue weighted by Gasteiger charge is 2.32. The molecule has 0 amide bonds. The van der Waals surface area contributed by atoms with Gasteiger partial charge in [0.2, 0.25) is 0 Å². The summed E-state index contributed by atoms with van der Waals surface area (Å²) in [6.45, 7) is 12.6. The van der Waals surface area contributed by atoms with Gasteiger partial charge in [-0.05, 0) is 30.5 Å². The van der Waals surface area contributed by atoms with Crippen molar-refractivity contribution in [2.24, 2.45) is 5.92 Å². The first-order chi connectivity index (χ1) is 9.17.